The SMILES string of the molecule is c1ccc(-c2cccc(-c3cc(-c4ccccc4)cc(-n4c5ccccc5c5c(-n6c7ccccc7c7cc(-n8c9ccccc9c9ccccc98)ccc76)cccc54)c3)c2)cc1. The Kier molecular flexibility index (Phi) is 7.91. The number of rotatable bonds is 6. The van der Waals surface area contributed by atoms with Crippen LogP contribution in [0.4, 0.5) is 0 Å². The van der Waals surface area contributed by atoms with Crippen LogP contribution in [0.25, 0.3) is 116 Å². The predicted octanol–water partition coefficient (Wildman–Crippen LogP) is 16.0. The van der Waals surface area contributed by atoms with E-state index in [0.29, 0.717) is 0 Å². The first-order chi connectivity index (χ1) is 31.3. The highest BCUT2D eigenvalue weighted by molar-refractivity contribution is 6.17. The van der Waals surface area contributed by atoms with Crippen LogP contribution in [0.3, 0.4) is 0 Å². The Labute approximate surface area is 364 Å². The molecule has 0 saturated heterocycles. The third-order valence-electron chi connectivity index (χ3n) is 13.0. The lowest BCUT2D eigenvalue weighted by Gasteiger charge is -2.15. The Bertz CT molecular complexity index is 3850. The molecule has 0 fully saturated rings. The van der Waals surface area contributed by atoms with Gasteiger partial charge in [0.25, 0.3) is 0 Å². The molecule has 0 atom stereocenters. The first-order valence-electron chi connectivity index (χ1n) is 21.7. The van der Waals surface area contributed by atoms with Crippen LogP contribution in [0.15, 0.2) is 237 Å². The fourth-order valence-corrected chi connectivity index (χ4v) is 10.2. The average Bonchev–Trinajstić information content (AvgIpc) is 4.00. The molecule has 0 bridgehead atoms. The monoisotopic (exact) mass is 801 g/mol. The Hall–Kier alpha value is -8.40. The molecule has 0 aliphatic carbocycles. The third-order valence-corrected chi connectivity index (χ3v) is 13.0. The standard InChI is InChI=1S/C60H39N3/c1-3-17-40(18-4-1)42-21-15-22-43(35-42)45-36-44(41-19-5-2-6-20-41)37-47(38-45)62-56-30-14-10-26-51(56)60-58(62)31-16-32-59(60)63-55-29-13-9-25-50(55)52-39-46(33-34-57(52)63)61-53-27-11-7-23-48(53)49-24-8-12-28-54(49)61/h1-39H. The van der Waals surface area contributed by atoms with Gasteiger partial charge in [0.1, 0.15) is 0 Å². The minimum atomic E-state index is 1.12. The molecule has 3 aromatic heterocycles. The highest BCUT2D eigenvalue weighted by Gasteiger charge is 2.21. The summed E-state index contributed by atoms with van der Waals surface area (Å²) in [6.07, 6.45) is 0. The Morgan fingerprint density at radius 3 is 1.27 bits per heavy atom. The van der Waals surface area contributed by atoms with Gasteiger partial charge in [0, 0.05) is 43.7 Å². The predicted molar refractivity (Wildman–Crippen MR) is 266 cm³/mol. The van der Waals surface area contributed by atoms with Gasteiger partial charge in [-0.15, -0.1) is 0 Å². The van der Waals surface area contributed by atoms with Gasteiger partial charge in [-0.3, -0.25) is 0 Å². The van der Waals surface area contributed by atoms with E-state index in [1.165, 1.54) is 93.3 Å². The normalized spacial score (nSPS) is 11.8. The number of fused-ring (bicyclic) bond motifs is 9. The van der Waals surface area contributed by atoms with E-state index in [0.717, 1.165) is 22.6 Å². The van der Waals surface area contributed by atoms with Crippen molar-refractivity contribution in [1.82, 2.24) is 13.7 Å². The van der Waals surface area contributed by atoms with E-state index in [1.807, 2.05) is 0 Å². The summed E-state index contributed by atoms with van der Waals surface area (Å²) in [5, 5.41) is 7.42. The van der Waals surface area contributed by atoms with Gasteiger partial charge in [0.05, 0.1) is 38.8 Å². The van der Waals surface area contributed by atoms with Crippen molar-refractivity contribution in [2.45, 2.75) is 0 Å². The molecular weight excluding hydrogens is 763 g/mol. The fraction of sp³-hybridized carbons (Fsp3) is 0. The van der Waals surface area contributed by atoms with Crippen LogP contribution in [-0.2, 0) is 0 Å². The molecule has 3 heteroatoms. The molecule has 0 spiro atoms. The highest BCUT2D eigenvalue weighted by atomic mass is 15.0. The molecule has 0 aliphatic rings. The molecule has 0 unspecified atom stereocenters. The van der Waals surface area contributed by atoms with Crippen molar-refractivity contribution in [2.75, 3.05) is 0 Å². The summed E-state index contributed by atoms with van der Waals surface area (Å²) < 4.78 is 7.38. The molecule has 0 amide bonds. The lowest BCUT2D eigenvalue weighted by atomic mass is 9.95. The van der Waals surface area contributed by atoms with Gasteiger partial charge in [-0.1, -0.05) is 158 Å². The van der Waals surface area contributed by atoms with E-state index in [1.54, 1.807) is 0 Å². The van der Waals surface area contributed by atoms with Crippen LogP contribution >= 0.6 is 0 Å². The highest BCUT2D eigenvalue weighted by Crippen LogP contribution is 2.42. The van der Waals surface area contributed by atoms with E-state index in [-0.39, 0.29) is 0 Å². The van der Waals surface area contributed by atoms with E-state index in [4.69, 9.17) is 0 Å². The molecule has 13 aromatic rings. The zero-order chi connectivity index (χ0) is 41.4. The molecule has 13 rings (SSSR count). The maximum atomic E-state index is 2.49. The second kappa shape index (κ2) is 14.1. The molecule has 0 radical (unpaired) electrons. The smallest absolute Gasteiger partial charge is 0.0562 e. The molecule has 3 nitrogen and oxygen atoms in total. The van der Waals surface area contributed by atoms with Crippen molar-refractivity contribution in [3.63, 3.8) is 0 Å². The van der Waals surface area contributed by atoms with Crippen molar-refractivity contribution in [1.29, 1.82) is 0 Å². The molecule has 10 aromatic carbocycles. The van der Waals surface area contributed by atoms with Crippen LogP contribution in [0.1, 0.15) is 0 Å². The summed E-state index contributed by atoms with van der Waals surface area (Å²) in [7, 11) is 0. The van der Waals surface area contributed by atoms with Gasteiger partial charge >= 0.3 is 0 Å². The van der Waals surface area contributed by atoms with Gasteiger partial charge in [-0.2, -0.15) is 0 Å². The van der Waals surface area contributed by atoms with Crippen LogP contribution < -0.4 is 0 Å². The Morgan fingerprint density at radius 1 is 0.206 bits per heavy atom. The fourth-order valence-electron chi connectivity index (χ4n) is 10.2. The second-order valence-electron chi connectivity index (χ2n) is 16.5. The van der Waals surface area contributed by atoms with Gasteiger partial charge in [-0.05, 0) is 112 Å². The Balaban J connectivity index is 1.05. The second-order valence-corrected chi connectivity index (χ2v) is 16.5. The summed E-state index contributed by atoms with van der Waals surface area (Å²) in [6, 6.07) is 86.5. The van der Waals surface area contributed by atoms with Gasteiger partial charge in [-0.25, -0.2) is 0 Å². The third kappa shape index (κ3) is 5.53. The van der Waals surface area contributed by atoms with Gasteiger partial charge in [0.15, 0.2) is 0 Å². The quantitative estimate of drug-likeness (QED) is 0.159. The largest absolute Gasteiger partial charge is 0.309 e. The van der Waals surface area contributed by atoms with E-state index >= 15 is 0 Å². The van der Waals surface area contributed by atoms with Crippen molar-refractivity contribution < 1.29 is 0 Å². The topological polar surface area (TPSA) is 14.8 Å². The van der Waals surface area contributed by atoms with Crippen molar-refractivity contribution in [3.8, 4) is 50.4 Å². The summed E-state index contributed by atoms with van der Waals surface area (Å²) in [5.74, 6) is 0. The lowest BCUT2D eigenvalue weighted by molar-refractivity contribution is 1.16. The molecule has 63 heavy (non-hydrogen) atoms. The van der Waals surface area contributed by atoms with Crippen LogP contribution in [-0.4, -0.2) is 13.7 Å². The van der Waals surface area contributed by atoms with Crippen LogP contribution in [0.5, 0.6) is 0 Å². The van der Waals surface area contributed by atoms with E-state index in [2.05, 4.69) is 250 Å². The zero-order valence-electron chi connectivity index (χ0n) is 34.4. The van der Waals surface area contributed by atoms with Gasteiger partial charge < -0.3 is 13.7 Å². The summed E-state index contributed by atoms with van der Waals surface area (Å²) in [6.45, 7) is 0. The first-order valence-corrected chi connectivity index (χ1v) is 21.7. The number of para-hydroxylation sites is 4. The molecule has 0 saturated carbocycles. The number of hydrogen-bond donors (Lipinski definition) is 0. The van der Waals surface area contributed by atoms with Crippen molar-refractivity contribution in [3.05, 3.63) is 237 Å². The molecule has 294 valence electrons. The summed E-state index contributed by atoms with van der Waals surface area (Å²) in [5.41, 5.74) is 17.7. The van der Waals surface area contributed by atoms with Gasteiger partial charge in [0.2, 0.25) is 0 Å². The summed E-state index contributed by atoms with van der Waals surface area (Å²) >= 11 is 0. The number of aromatic nitrogens is 3. The molecule has 3 heterocycles. The number of hydrogen-bond acceptors (Lipinski definition) is 0. The number of nitrogens with zero attached hydrogens (tertiary/aromatic N) is 3. The summed E-state index contributed by atoms with van der Waals surface area (Å²) in [4.78, 5) is 0. The molecule has 0 aliphatic heterocycles. The van der Waals surface area contributed by atoms with E-state index in [9.17, 15) is 0 Å². The Morgan fingerprint density at radius 2 is 0.619 bits per heavy atom. The number of benzene rings is 10. The minimum Gasteiger partial charge on any atom is -0.309 e. The minimum absolute atomic E-state index is 1.12. The molecular formula is C60H39N3. The van der Waals surface area contributed by atoms with Crippen molar-refractivity contribution in [2.24, 2.45) is 0 Å². The zero-order valence-corrected chi connectivity index (χ0v) is 34.4. The van der Waals surface area contributed by atoms with Crippen molar-refractivity contribution >= 4 is 65.4 Å². The van der Waals surface area contributed by atoms with Crippen LogP contribution in [0, 0.1) is 0 Å². The average molecular weight is 802 g/mol. The molecule has 0 N–H and O–H groups in total. The first kappa shape index (κ1) is 35.4. The maximum absolute atomic E-state index is 2.49. The van der Waals surface area contributed by atoms with Crippen LogP contribution in [0.2, 0.25) is 0 Å². The van der Waals surface area contributed by atoms with E-state index < -0.39 is 0 Å². The maximum Gasteiger partial charge on any atom is 0.0562 e. The lowest BCUT2D eigenvalue weighted by Crippen LogP contribution is -1.98.